The number of hydrogen-bond acceptors (Lipinski definition) is 3. The van der Waals surface area contributed by atoms with Gasteiger partial charge in [0.2, 0.25) is 0 Å². The monoisotopic (exact) mass is 272 g/mol. The van der Waals surface area contributed by atoms with Gasteiger partial charge < -0.3 is 13.9 Å². The topological polar surface area (TPSA) is 35.8 Å². The number of nitrogens with zero attached hydrogens (tertiary/aromatic N) is 2. The lowest BCUT2D eigenvalue weighted by Gasteiger charge is -2.43. The van der Waals surface area contributed by atoms with Crippen LogP contribution in [0.5, 0.6) is 5.75 Å². The van der Waals surface area contributed by atoms with Crippen LogP contribution in [0.2, 0.25) is 0 Å². The Morgan fingerprint density at radius 3 is 3.00 bits per heavy atom. The predicted octanol–water partition coefficient (Wildman–Crippen LogP) is 2.98. The van der Waals surface area contributed by atoms with Gasteiger partial charge in [-0.05, 0) is 38.3 Å². The van der Waals surface area contributed by atoms with Gasteiger partial charge in [-0.2, -0.15) is 0 Å². The Kier molecular flexibility index (Phi) is 2.43. The molecule has 4 heteroatoms. The number of fused-ring (bicyclic) bond motifs is 2. The van der Waals surface area contributed by atoms with Gasteiger partial charge in [0.25, 0.3) is 0 Å². The van der Waals surface area contributed by atoms with E-state index in [-0.39, 0.29) is 11.0 Å². The molecular weight excluding hydrogens is 252 g/mol. The van der Waals surface area contributed by atoms with E-state index in [0.29, 0.717) is 0 Å². The summed E-state index contributed by atoms with van der Waals surface area (Å²) in [6.07, 6.45) is 7.33. The van der Waals surface area contributed by atoms with Crippen LogP contribution in [0.4, 0.5) is 0 Å². The van der Waals surface area contributed by atoms with Gasteiger partial charge in [0.15, 0.2) is 0 Å². The summed E-state index contributed by atoms with van der Waals surface area (Å²) in [4.78, 5) is 4.33. The number of rotatable bonds is 4. The van der Waals surface area contributed by atoms with Crippen molar-refractivity contribution in [3.05, 3.63) is 30.2 Å². The van der Waals surface area contributed by atoms with E-state index in [4.69, 9.17) is 9.47 Å². The van der Waals surface area contributed by atoms with E-state index >= 15 is 0 Å². The highest BCUT2D eigenvalue weighted by Gasteiger charge is 2.61. The van der Waals surface area contributed by atoms with Crippen LogP contribution in [0, 0.1) is 12.3 Å². The molecule has 2 aromatic rings. The molecule has 2 bridgehead atoms. The van der Waals surface area contributed by atoms with Crippen molar-refractivity contribution in [1.29, 1.82) is 0 Å². The number of pyridine rings is 1. The lowest BCUT2D eigenvalue weighted by atomic mass is 9.62. The summed E-state index contributed by atoms with van der Waals surface area (Å²) in [5.74, 6) is 0.911. The summed E-state index contributed by atoms with van der Waals surface area (Å²) in [7, 11) is 0. The fourth-order valence-electron chi connectivity index (χ4n) is 3.73. The molecule has 2 aromatic heterocycles. The van der Waals surface area contributed by atoms with E-state index < -0.39 is 0 Å². The fraction of sp³-hybridized carbons (Fsp3) is 0.562. The summed E-state index contributed by atoms with van der Waals surface area (Å²) in [6.45, 7) is 5.88. The minimum absolute atomic E-state index is 0.175. The third-order valence-electron chi connectivity index (χ3n) is 4.93. The van der Waals surface area contributed by atoms with Crippen molar-refractivity contribution in [2.24, 2.45) is 5.41 Å². The van der Waals surface area contributed by atoms with Crippen LogP contribution < -0.4 is 4.74 Å². The molecule has 1 saturated carbocycles. The van der Waals surface area contributed by atoms with Gasteiger partial charge in [0.1, 0.15) is 11.4 Å². The molecule has 0 N–H and O–H groups in total. The van der Waals surface area contributed by atoms with Gasteiger partial charge >= 0.3 is 0 Å². The molecule has 0 atom stereocenters. The smallest absolute Gasteiger partial charge is 0.137 e. The van der Waals surface area contributed by atoms with Gasteiger partial charge in [-0.15, -0.1) is 0 Å². The number of hydrogen-bond donors (Lipinski definition) is 0. The molecule has 4 heterocycles. The zero-order valence-corrected chi connectivity index (χ0v) is 12.1. The molecule has 0 amide bonds. The Morgan fingerprint density at radius 2 is 2.25 bits per heavy atom. The zero-order chi connectivity index (χ0) is 13.8. The lowest BCUT2D eigenvalue weighted by molar-refractivity contribution is -0.0280. The fourth-order valence-corrected chi connectivity index (χ4v) is 3.73. The molecule has 0 radical (unpaired) electrons. The van der Waals surface area contributed by atoms with Crippen molar-refractivity contribution >= 4 is 5.65 Å². The van der Waals surface area contributed by atoms with E-state index in [9.17, 15) is 0 Å². The zero-order valence-electron chi connectivity index (χ0n) is 12.1. The molecule has 0 unspecified atom stereocenters. The summed E-state index contributed by atoms with van der Waals surface area (Å²) in [5.41, 5.74) is 2.52. The second-order valence-corrected chi connectivity index (χ2v) is 6.46. The predicted molar refractivity (Wildman–Crippen MR) is 76.1 cm³/mol. The standard InChI is InChI=1S/C16H20N2O2/c1-3-16-8-15(9-16,11-20-16)10-19-13-4-5-14-17-6-12(2)18(14)7-13/h4-7H,3,8-11H2,1-2H3. The van der Waals surface area contributed by atoms with E-state index in [2.05, 4.69) is 23.2 Å². The lowest BCUT2D eigenvalue weighted by Crippen LogP contribution is -2.46. The highest BCUT2D eigenvalue weighted by Crippen LogP contribution is 2.59. The molecule has 2 aliphatic heterocycles. The van der Waals surface area contributed by atoms with Crippen LogP contribution >= 0.6 is 0 Å². The Morgan fingerprint density at radius 1 is 1.40 bits per heavy atom. The first-order valence-corrected chi connectivity index (χ1v) is 7.34. The Hall–Kier alpha value is -1.55. The summed E-state index contributed by atoms with van der Waals surface area (Å²) in [5, 5.41) is 0. The van der Waals surface area contributed by atoms with Crippen molar-refractivity contribution in [2.75, 3.05) is 13.2 Å². The summed E-state index contributed by atoms with van der Waals surface area (Å²) < 4.78 is 14.0. The quantitative estimate of drug-likeness (QED) is 0.858. The van der Waals surface area contributed by atoms with Crippen molar-refractivity contribution in [3.8, 4) is 5.75 Å². The summed E-state index contributed by atoms with van der Waals surface area (Å²) in [6, 6.07) is 4.00. The van der Waals surface area contributed by atoms with Crippen molar-refractivity contribution < 1.29 is 9.47 Å². The van der Waals surface area contributed by atoms with Crippen LogP contribution in [-0.4, -0.2) is 28.2 Å². The molecule has 20 heavy (non-hydrogen) atoms. The van der Waals surface area contributed by atoms with Crippen LogP contribution in [0.15, 0.2) is 24.5 Å². The molecule has 2 saturated heterocycles. The number of aryl methyl sites for hydroxylation is 1. The minimum atomic E-state index is 0.175. The Balaban J connectivity index is 1.48. The maximum Gasteiger partial charge on any atom is 0.137 e. The molecule has 4 nitrogen and oxygen atoms in total. The highest BCUT2D eigenvalue weighted by atomic mass is 16.5. The molecule has 3 fully saturated rings. The number of imidazole rings is 1. The minimum Gasteiger partial charge on any atom is -0.491 e. The molecule has 1 aliphatic carbocycles. The summed E-state index contributed by atoms with van der Waals surface area (Å²) >= 11 is 0. The Bertz CT molecular complexity index is 656. The maximum atomic E-state index is 6.02. The Labute approximate surface area is 118 Å². The van der Waals surface area contributed by atoms with Gasteiger partial charge in [-0.25, -0.2) is 4.98 Å². The SMILES string of the molecule is CCC12CC(COc3ccc4ncc(C)n4c3)(CO1)C2. The molecule has 106 valence electrons. The van der Waals surface area contributed by atoms with Crippen LogP contribution in [0.1, 0.15) is 31.9 Å². The maximum absolute atomic E-state index is 6.02. The number of aromatic nitrogens is 2. The average molecular weight is 272 g/mol. The second-order valence-electron chi connectivity index (χ2n) is 6.46. The largest absolute Gasteiger partial charge is 0.491 e. The average Bonchev–Trinajstić information content (AvgIpc) is 3.09. The van der Waals surface area contributed by atoms with Crippen molar-refractivity contribution in [1.82, 2.24) is 9.38 Å². The van der Waals surface area contributed by atoms with E-state index in [1.165, 1.54) is 0 Å². The van der Waals surface area contributed by atoms with E-state index in [1.54, 1.807) is 0 Å². The molecule has 3 aliphatic rings. The van der Waals surface area contributed by atoms with E-state index in [1.807, 2.05) is 24.5 Å². The molecule has 0 spiro atoms. The van der Waals surface area contributed by atoms with Crippen LogP contribution in [0.3, 0.4) is 0 Å². The van der Waals surface area contributed by atoms with Crippen LogP contribution in [-0.2, 0) is 4.74 Å². The van der Waals surface area contributed by atoms with Crippen molar-refractivity contribution in [3.63, 3.8) is 0 Å². The first-order chi connectivity index (χ1) is 9.64. The van der Waals surface area contributed by atoms with Crippen molar-refractivity contribution in [2.45, 2.75) is 38.7 Å². The van der Waals surface area contributed by atoms with Gasteiger partial charge in [0, 0.05) is 17.3 Å². The van der Waals surface area contributed by atoms with Gasteiger partial charge in [-0.3, -0.25) is 0 Å². The van der Waals surface area contributed by atoms with E-state index in [0.717, 1.165) is 49.6 Å². The molecule has 5 rings (SSSR count). The van der Waals surface area contributed by atoms with Gasteiger partial charge in [-0.1, -0.05) is 6.92 Å². The molecular formula is C16H20N2O2. The molecule has 0 aromatic carbocycles. The second kappa shape index (κ2) is 3.98. The first kappa shape index (κ1) is 12.2. The highest BCUT2D eigenvalue weighted by molar-refractivity contribution is 5.43. The third kappa shape index (κ3) is 1.67. The third-order valence-corrected chi connectivity index (χ3v) is 4.93. The first-order valence-electron chi connectivity index (χ1n) is 7.34. The number of ether oxygens (including phenoxy) is 2. The van der Waals surface area contributed by atoms with Gasteiger partial charge in [0.05, 0.1) is 25.0 Å². The van der Waals surface area contributed by atoms with Crippen LogP contribution in [0.25, 0.3) is 5.65 Å². The normalized spacial score (nSPS) is 31.5.